The molecule has 1 aromatic rings. The van der Waals surface area contributed by atoms with Crippen molar-refractivity contribution in [2.75, 3.05) is 5.32 Å². The third-order valence-electron chi connectivity index (χ3n) is 3.08. The first kappa shape index (κ1) is 14.9. The Labute approximate surface area is 126 Å². The highest BCUT2D eigenvalue weighted by molar-refractivity contribution is 6.36. The predicted molar refractivity (Wildman–Crippen MR) is 77.4 cm³/mol. The fourth-order valence-electron chi connectivity index (χ4n) is 1.94. The maximum atomic E-state index is 11.9. The standard InChI is InChI=1S/C13H14Cl2N2O3/c14-8-3-4-10(9(15)5-8)16-13(20)17-11(6-12(18)19)7-1-2-7/h3-5,7,11H,1-2,6H2,(H,18,19)(H2,16,17,20). The molecule has 0 spiro atoms. The van der Waals surface area contributed by atoms with E-state index in [2.05, 4.69) is 10.6 Å². The number of nitrogens with one attached hydrogen (secondary N) is 2. The van der Waals surface area contributed by atoms with Crippen molar-refractivity contribution in [1.82, 2.24) is 5.32 Å². The lowest BCUT2D eigenvalue weighted by molar-refractivity contribution is -0.137. The van der Waals surface area contributed by atoms with Crippen LogP contribution in [0.3, 0.4) is 0 Å². The van der Waals surface area contributed by atoms with Gasteiger partial charge in [-0.15, -0.1) is 0 Å². The molecule has 1 fully saturated rings. The Bertz CT molecular complexity index is 532. The molecule has 1 aliphatic rings. The molecule has 0 heterocycles. The Morgan fingerprint density at radius 3 is 2.60 bits per heavy atom. The smallest absolute Gasteiger partial charge is 0.319 e. The molecule has 1 atom stereocenters. The van der Waals surface area contributed by atoms with Gasteiger partial charge in [-0.1, -0.05) is 23.2 Å². The van der Waals surface area contributed by atoms with Crippen molar-refractivity contribution in [3.8, 4) is 0 Å². The van der Waals surface area contributed by atoms with E-state index in [1.54, 1.807) is 12.1 Å². The number of carbonyl (C=O) groups is 2. The summed E-state index contributed by atoms with van der Waals surface area (Å²) in [5, 5.41) is 14.9. The van der Waals surface area contributed by atoms with Gasteiger partial charge in [0.05, 0.1) is 17.1 Å². The van der Waals surface area contributed by atoms with Crippen LogP contribution in [-0.2, 0) is 4.79 Å². The van der Waals surface area contributed by atoms with Crippen molar-refractivity contribution < 1.29 is 14.7 Å². The number of carbonyl (C=O) groups excluding carboxylic acids is 1. The second kappa shape index (κ2) is 6.33. The molecule has 0 saturated heterocycles. The minimum Gasteiger partial charge on any atom is -0.481 e. The Morgan fingerprint density at radius 1 is 1.35 bits per heavy atom. The first-order chi connectivity index (χ1) is 9.45. The number of benzene rings is 1. The average molecular weight is 317 g/mol. The molecular weight excluding hydrogens is 303 g/mol. The van der Waals surface area contributed by atoms with Crippen LogP contribution >= 0.6 is 23.2 Å². The van der Waals surface area contributed by atoms with E-state index in [0.717, 1.165) is 12.8 Å². The van der Waals surface area contributed by atoms with Gasteiger partial charge in [0.1, 0.15) is 0 Å². The highest BCUT2D eigenvalue weighted by atomic mass is 35.5. The van der Waals surface area contributed by atoms with Crippen LogP contribution in [0.25, 0.3) is 0 Å². The van der Waals surface area contributed by atoms with Crippen LogP contribution < -0.4 is 10.6 Å². The van der Waals surface area contributed by atoms with Crippen LogP contribution in [0.2, 0.25) is 10.0 Å². The molecule has 1 unspecified atom stereocenters. The van der Waals surface area contributed by atoms with Crippen molar-refractivity contribution >= 4 is 40.9 Å². The van der Waals surface area contributed by atoms with E-state index in [-0.39, 0.29) is 18.4 Å². The van der Waals surface area contributed by atoms with Gasteiger partial charge in [0.15, 0.2) is 0 Å². The summed E-state index contributed by atoms with van der Waals surface area (Å²) < 4.78 is 0. The van der Waals surface area contributed by atoms with Crippen molar-refractivity contribution in [2.24, 2.45) is 5.92 Å². The molecular formula is C13H14Cl2N2O3. The fourth-order valence-corrected chi connectivity index (χ4v) is 2.40. The van der Waals surface area contributed by atoms with Crippen LogP contribution in [0.4, 0.5) is 10.5 Å². The molecule has 2 rings (SSSR count). The zero-order valence-electron chi connectivity index (χ0n) is 10.5. The third-order valence-corrected chi connectivity index (χ3v) is 3.63. The van der Waals surface area contributed by atoms with E-state index in [9.17, 15) is 9.59 Å². The lowest BCUT2D eigenvalue weighted by Gasteiger charge is -2.17. The van der Waals surface area contributed by atoms with E-state index < -0.39 is 12.0 Å². The number of urea groups is 1. The third kappa shape index (κ3) is 4.28. The Balaban J connectivity index is 1.95. The zero-order chi connectivity index (χ0) is 14.7. The maximum absolute atomic E-state index is 11.9. The number of amides is 2. The van der Waals surface area contributed by atoms with E-state index in [0.29, 0.717) is 15.7 Å². The Hall–Kier alpha value is -1.46. The van der Waals surface area contributed by atoms with Gasteiger partial charge < -0.3 is 15.7 Å². The number of aliphatic carboxylic acids is 1. The SMILES string of the molecule is O=C(O)CC(NC(=O)Nc1ccc(Cl)cc1Cl)C1CC1. The summed E-state index contributed by atoms with van der Waals surface area (Å²) in [6, 6.07) is 3.91. The van der Waals surface area contributed by atoms with E-state index in [4.69, 9.17) is 28.3 Å². The van der Waals surface area contributed by atoms with E-state index >= 15 is 0 Å². The molecule has 0 radical (unpaired) electrons. The summed E-state index contributed by atoms with van der Waals surface area (Å²) in [4.78, 5) is 22.6. The number of halogens is 2. The van der Waals surface area contributed by atoms with Gasteiger partial charge in [0.2, 0.25) is 0 Å². The summed E-state index contributed by atoms with van der Waals surface area (Å²) in [6.45, 7) is 0. The topological polar surface area (TPSA) is 78.4 Å². The summed E-state index contributed by atoms with van der Waals surface area (Å²) in [5.41, 5.74) is 0.429. The predicted octanol–water partition coefficient (Wildman–Crippen LogP) is 3.37. The molecule has 108 valence electrons. The van der Waals surface area contributed by atoms with Gasteiger partial charge in [0.25, 0.3) is 0 Å². The summed E-state index contributed by atoms with van der Waals surface area (Å²) >= 11 is 11.7. The van der Waals surface area contributed by atoms with Crippen molar-refractivity contribution in [3.05, 3.63) is 28.2 Å². The summed E-state index contributed by atoms with van der Waals surface area (Å²) in [7, 11) is 0. The number of anilines is 1. The number of carboxylic acid groups (broad SMARTS) is 1. The van der Waals surface area contributed by atoms with Gasteiger partial charge in [-0.2, -0.15) is 0 Å². The minimum absolute atomic E-state index is 0.0769. The molecule has 1 saturated carbocycles. The van der Waals surface area contributed by atoms with Crippen molar-refractivity contribution in [3.63, 3.8) is 0 Å². The highest BCUT2D eigenvalue weighted by Gasteiger charge is 2.33. The van der Waals surface area contributed by atoms with Gasteiger partial charge in [-0.05, 0) is 37.0 Å². The molecule has 0 aliphatic heterocycles. The first-order valence-corrected chi connectivity index (χ1v) is 6.95. The molecule has 0 bridgehead atoms. The highest BCUT2D eigenvalue weighted by Crippen LogP contribution is 2.34. The van der Waals surface area contributed by atoms with Gasteiger partial charge >= 0.3 is 12.0 Å². The van der Waals surface area contributed by atoms with Crippen molar-refractivity contribution in [1.29, 1.82) is 0 Å². The van der Waals surface area contributed by atoms with Crippen LogP contribution in [0.5, 0.6) is 0 Å². The zero-order valence-corrected chi connectivity index (χ0v) is 12.0. The normalized spacial score (nSPS) is 15.5. The molecule has 2 amide bonds. The summed E-state index contributed by atoms with van der Waals surface area (Å²) in [5.74, 6) is -0.677. The van der Waals surface area contributed by atoms with E-state index in [1.807, 2.05) is 0 Å². The molecule has 20 heavy (non-hydrogen) atoms. The van der Waals surface area contributed by atoms with Crippen LogP contribution in [0, 0.1) is 5.92 Å². The number of rotatable bonds is 5. The van der Waals surface area contributed by atoms with Gasteiger partial charge in [-0.25, -0.2) is 4.79 Å². The van der Waals surface area contributed by atoms with Crippen molar-refractivity contribution in [2.45, 2.75) is 25.3 Å². The second-order valence-corrected chi connectivity index (χ2v) is 5.61. The molecule has 1 aliphatic carbocycles. The number of carboxylic acids is 1. The lowest BCUT2D eigenvalue weighted by Crippen LogP contribution is -2.40. The molecule has 7 heteroatoms. The largest absolute Gasteiger partial charge is 0.481 e. The number of hydrogen-bond acceptors (Lipinski definition) is 2. The van der Waals surface area contributed by atoms with Gasteiger partial charge in [0, 0.05) is 11.1 Å². The quantitative estimate of drug-likeness (QED) is 0.779. The first-order valence-electron chi connectivity index (χ1n) is 6.20. The summed E-state index contributed by atoms with van der Waals surface area (Å²) in [6.07, 6.45) is 1.81. The van der Waals surface area contributed by atoms with Crippen LogP contribution in [-0.4, -0.2) is 23.1 Å². The van der Waals surface area contributed by atoms with Crippen LogP contribution in [0.1, 0.15) is 19.3 Å². The molecule has 0 aromatic heterocycles. The monoisotopic (exact) mass is 316 g/mol. The van der Waals surface area contributed by atoms with Gasteiger partial charge in [-0.3, -0.25) is 4.79 Å². The molecule has 1 aromatic carbocycles. The number of hydrogen-bond donors (Lipinski definition) is 3. The van der Waals surface area contributed by atoms with E-state index in [1.165, 1.54) is 6.07 Å². The molecule has 3 N–H and O–H groups in total. The average Bonchev–Trinajstić information content (AvgIpc) is 3.15. The Kier molecular flexibility index (Phi) is 4.73. The van der Waals surface area contributed by atoms with Crippen LogP contribution in [0.15, 0.2) is 18.2 Å². The lowest BCUT2D eigenvalue weighted by atomic mass is 10.1. The fraction of sp³-hybridized carbons (Fsp3) is 0.385. The maximum Gasteiger partial charge on any atom is 0.319 e. The Morgan fingerprint density at radius 2 is 2.05 bits per heavy atom. The molecule has 5 nitrogen and oxygen atoms in total. The minimum atomic E-state index is -0.924. The second-order valence-electron chi connectivity index (χ2n) is 4.76.